The van der Waals surface area contributed by atoms with Gasteiger partial charge in [0.05, 0.1) is 5.92 Å². The number of carbonyl (C=O) groups is 2. The molecular weight excluding hydrogens is 343 g/mol. The average molecular weight is 364 g/mol. The Morgan fingerprint density at radius 1 is 1.15 bits per heavy atom. The molecule has 0 bridgehead atoms. The van der Waals surface area contributed by atoms with Crippen molar-refractivity contribution < 1.29 is 14.0 Å². The highest BCUT2D eigenvalue weighted by atomic mass is 19.1. The van der Waals surface area contributed by atoms with Crippen LogP contribution in [0.3, 0.4) is 0 Å². The van der Waals surface area contributed by atoms with Crippen molar-refractivity contribution in [2.45, 2.75) is 19.8 Å². The molecule has 1 fully saturated rings. The number of hydrogen-bond acceptors (Lipinski definition) is 2. The maximum atomic E-state index is 13.4. The molecule has 0 spiro atoms. The van der Waals surface area contributed by atoms with Crippen molar-refractivity contribution in [3.63, 3.8) is 0 Å². The standard InChI is InChI=1S/C22H21FN2O2/c1-2-5-21(26)25-13-4-7-18(15-25)22(27)24-20-11-9-16(10-12-20)17-6-3-8-19(23)14-17/h3,6,8-12,14,18H,4,7,13,15H2,1H3,(H,24,27)/t18-/m0/s1. The molecule has 1 N–H and O–H groups in total. The topological polar surface area (TPSA) is 49.4 Å². The maximum absolute atomic E-state index is 13.4. The summed E-state index contributed by atoms with van der Waals surface area (Å²) in [6.45, 7) is 2.65. The van der Waals surface area contributed by atoms with Crippen molar-refractivity contribution in [2.24, 2.45) is 5.92 Å². The number of likely N-dealkylation sites (tertiary alicyclic amines) is 1. The fourth-order valence-electron chi connectivity index (χ4n) is 3.22. The molecule has 27 heavy (non-hydrogen) atoms. The van der Waals surface area contributed by atoms with Gasteiger partial charge in [0, 0.05) is 18.8 Å². The van der Waals surface area contributed by atoms with Crippen molar-refractivity contribution in [3.05, 3.63) is 54.3 Å². The first-order valence-electron chi connectivity index (χ1n) is 8.95. The van der Waals surface area contributed by atoms with E-state index in [9.17, 15) is 14.0 Å². The summed E-state index contributed by atoms with van der Waals surface area (Å²) < 4.78 is 13.4. The summed E-state index contributed by atoms with van der Waals surface area (Å²) in [6, 6.07) is 13.7. The zero-order chi connectivity index (χ0) is 19.2. The van der Waals surface area contributed by atoms with Crippen molar-refractivity contribution in [2.75, 3.05) is 18.4 Å². The number of carbonyl (C=O) groups excluding carboxylic acids is 2. The van der Waals surface area contributed by atoms with Crippen LogP contribution in [0.2, 0.25) is 0 Å². The van der Waals surface area contributed by atoms with Crippen LogP contribution in [0.15, 0.2) is 48.5 Å². The summed E-state index contributed by atoms with van der Waals surface area (Å²) in [5, 5.41) is 2.91. The normalized spacial score (nSPS) is 16.2. The molecule has 1 atom stereocenters. The van der Waals surface area contributed by atoms with Crippen LogP contribution in [0.25, 0.3) is 11.1 Å². The molecule has 1 aliphatic heterocycles. The highest BCUT2D eigenvalue weighted by molar-refractivity contribution is 5.96. The quantitative estimate of drug-likeness (QED) is 0.845. The van der Waals surface area contributed by atoms with E-state index in [4.69, 9.17) is 0 Å². The number of benzene rings is 2. The Kier molecular flexibility index (Phi) is 5.87. The fraction of sp³-hybridized carbons (Fsp3) is 0.273. The molecule has 3 rings (SSSR count). The maximum Gasteiger partial charge on any atom is 0.298 e. The molecule has 0 unspecified atom stereocenters. The predicted octanol–water partition coefficient (Wildman–Crippen LogP) is 3.69. The van der Waals surface area contributed by atoms with Gasteiger partial charge in [-0.05, 0) is 61.1 Å². The molecular formula is C22H21FN2O2. The van der Waals surface area contributed by atoms with Gasteiger partial charge in [-0.15, -0.1) is 0 Å². The predicted molar refractivity (Wildman–Crippen MR) is 103 cm³/mol. The van der Waals surface area contributed by atoms with Gasteiger partial charge in [0.1, 0.15) is 5.82 Å². The SMILES string of the molecule is CC#CC(=O)N1CCC[C@H](C(=O)Nc2ccc(-c3cccc(F)c3)cc2)C1. The van der Waals surface area contributed by atoms with Gasteiger partial charge in [-0.25, -0.2) is 4.39 Å². The lowest BCUT2D eigenvalue weighted by Crippen LogP contribution is -2.43. The van der Waals surface area contributed by atoms with Crippen LogP contribution in [0.5, 0.6) is 0 Å². The van der Waals surface area contributed by atoms with Crippen LogP contribution >= 0.6 is 0 Å². The Hall–Kier alpha value is -3.13. The molecule has 0 aliphatic carbocycles. The second-order valence-electron chi connectivity index (χ2n) is 6.54. The number of anilines is 1. The second kappa shape index (κ2) is 8.50. The molecule has 5 heteroatoms. The largest absolute Gasteiger partial charge is 0.331 e. The number of nitrogens with zero attached hydrogens (tertiary/aromatic N) is 1. The minimum Gasteiger partial charge on any atom is -0.331 e. The zero-order valence-corrected chi connectivity index (χ0v) is 15.2. The molecule has 138 valence electrons. The molecule has 2 aromatic carbocycles. The molecule has 0 saturated carbocycles. The molecule has 2 aromatic rings. The molecule has 1 saturated heterocycles. The van der Waals surface area contributed by atoms with Crippen LogP contribution < -0.4 is 5.32 Å². The smallest absolute Gasteiger partial charge is 0.298 e. The second-order valence-corrected chi connectivity index (χ2v) is 6.54. The summed E-state index contributed by atoms with van der Waals surface area (Å²) in [6.07, 6.45) is 1.53. The highest BCUT2D eigenvalue weighted by Gasteiger charge is 2.27. The van der Waals surface area contributed by atoms with E-state index >= 15 is 0 Å². The van der Waals surface area contributed by atoms with Crippen LogP contribution in [0.1, 0.15) is 19.8 Å². The lowest BCUT2D eigenvalue weighted by molar-refractivity contribution is -0.129. The van der Waals surface area contributed by atoms with Crippen LogP contribution in [0.4, 0.5) is 10.1 Å². The molecule has 2 amide bonds. The summed E-state index contributed by atoms with van der Waals surface area (Å²) in [5.41, 5.74) is 2.34. The van der Waals surface area contributed by atoms with E-state index in [1.165, 1.54) is 12.1 Å². The lowest BCUT2D eigenvalue weighted by atomic mass is 9.97. The Bertz CT molecular complexity index is 897. The number of halogens is 1. The van der Waals surface area contributed by atoms with Gasteiger partial charge in [0.15, 0.2) is 0 Å². The molecule has 0 aromatic heterocycles. The first-order chi connectivity index (χ1) is 13.1. The van der Waals surface area contributed by atoms with Gasteiger partial charge in [-0.1, -0.05) is 30.2 Å². The lowest BCUT2D eigenvalue weighted by Gasteiger charge is -2.30. The first kappa shape index (κ1) is 18.7. The number of piperidine rings is 1. The van der Waals surface area contributed by atoms with E-state index in [1.807, 2.05) is 18.2 Å². The third-order valence-corrected chi connectivity index (χ3v) is 4.62. The van der Waals surface area contributed by atoms with Crippen molar-refractivity contribution in [3.8, 4) is 23.0 Å². The van der Waals surface area contributed by atoms with E-state index in [0.29, 0.717) is 18.8 Å². The van der Waals surface area contributed by atoms with E-state index in [0.717, 1.165) is 24.0 Å². The average Bonchev–Trinajstić information content (AvgIpc) is 2.69. The monoisotopic (exact) mass is 364 g/mol. The minimum atomic E-state index is -0.283. The van der Waals surface area contributed by atoms with Gasteiger partial charge in [0.2, 0.25) is 5.91 Å². The zero-order valence-electron chi connectivity index (χ0n) is 15.2. The van der Waals surface area contributed by atoms with Crippen LogP contribution in [-0.2, 0) is 9.59 Å². The number of nitrogens with one attached hydrogen (secondary N) is 1. The number of hydrogen-bond donors (Lipinski definition) is 1. The van der Waals surface area contributed by atoms with Crippen molar-refractivity contribution >= 4 is 17.5 Å². The van der Waals surface area contributed by atoms with Crippen LogP contribution in [-0.4, -0.2) is 29.8 Å². The van der Waals surface area contributed by atoms with Gasteiger partial charge in [0.25, 0.3) is 5.91 Å². The minimum absolute atomic E-state index is 0.101. The summed E-state index contributed by atoms with van der Waals surface area (Å²) in [5.74, 6) is 4.28. The molecule has 1 aliphatic rings. The van der Waals surface area contributed by atoms with Gasteiger partial charge in [-0.2, -0.15) is 0 Å². The third kappa shape index (κ3) is 4.73. The van der Waals surface area contributed by atoms with Gasteiger partial charge < -0.3 is 10.2 Å². The van der Waals surface area contributed by atoms with E-state index in [2.05, 4.69) is 17.2 Å². The first-order valence-corrected chi connectivity index (χ1v) is 8.95. The van der Waals surface area contributed by atoms with E-state index in [-0.39, 0.29) is 23.5 Å². The Balaban J connectivity index is 1.63. The molecule has 0 radical (unpaired) electrons. The molecule has 4 nitrogen and oxygen atoms in total. The van der Waals surface area contributed by atoms with Gasteiger partial charge >= 0.3 is 0 Å². The Labute approximate surface area is 158 Å². The molecule has 1 heterocycles. The Morgan fingerprint density at radius 2 is 1.93 bits per heavy atom. The van der Waals surface area contributed by atoms with E-state index < -0.39 is 0 Å². The van der Waals surface area contributed by atoms with Crippen molar-refractivity contribution in [1.29, 1.82) is 0 Å². The number of rotatable bonds is 3. The highest BCUT2D eigenvalue weighted by Crippen LogP contribution is 2.23. The Morgan fingerprint density at radius 3 is 2.63 bits per heavy atom. The number of amides is 2. The van der Waals surface area contributed by atoms with E-state index in [1.54, 1.807) is 30.0 Å². The summed E-state index contributed by atoms with van der Waals surface area (Å²) >= 11 is 0. The van der Waals surface area contributed by atoms with Crippen LogP contribution in [0, 0.1) is 23.6 Å². The third-order valence-electron chi connectivity index (χ3n) is 4.62. The fourth-order valence-corrected chi connectivity index (χ4v) is 3.22. The van der Waals surface area contributed by atoms with Crippen molar-refractivity contribution in [1.82, 2.24) is 4.90 Å². The summed E-state index contributed by atoms with van der Waals surface area (Å²) in [4.78, 5) is 26.1. The summed E-state index contributed by atoms with van der Waals surface area (Å²) in [7, 11) is 0. The van der Waals surface area contributed by atoms with Gasteiger partial charge in [-0.3, -0.25) is 9.59 Å².